The molecule has 0 fully saturated rings. The molecule has 0 aliphatic heterocycles. The van der Waals surface area contributed by atoms with Gasteiger partial charge in [-0.15, -0.1) is 0 Å². The quantitative estimate of drug-likeness (QED) is 0.826. The Bertz CT molecular complexity index is 301. The van der Waals surface area contributed by atoms with E-state index in [-0.39, 0.29) is 6.04 Å². The molecule has 2 heteroatoms. The second kappa shape index (κ2) is 5.90. The van der Waals surface area contributed by atoms with Crippen molar-refractivity contribution in [3.05, 3.63) is 29.8 Å². The first kappa shape index (κ1) is 13.0. The first-order chi connectivity index (χ1) is 7.49. The van der Waals surface area contributed by atoms with E-state index in [4.69, 9.17) is 5.73 Å². The molecule has 0 bridgehead atoms. The highest BCUT2D eigenvalue weighted by Gasteiger charge is 2.06. The van der Waals surface area contributed by atoms with Crippen molar-refractivity contribution in [2.75, 3.05) is 19.0 Å². The van der Waals surface area contributed by atoms with Crippen molar-refractivity contribution >= 4 is 5.69 Å². The van der Waals surface area contributed by atoms with Gasteiger partial charge < -0.3 is 10.6 Å². The van der Waals surface area contributed by atoms with E-state index in [0.29, 0.717) is 5.92 Å². The summed E-state index contributed by atoms with van der Waals surface area (Å²) in [6, 6.07) is 8.94. The van der Waals surface area contributed by atoms with E-state index in [0.717, 1.165) is 12.8 Å². The summed E-state index contributed by atoms with van der Waals surface area (Å²) in [6.45, 7) is 4.43. The van der Waals surface area contributed by atoms with Crippen molar-refractivity contribution in [1.82, 2.24) is 0 Å². The average molecular weight is 220 g/mol. The monoisotopic (exact) mass is 220 g/mol. The van der Waals surface area contributed by atoms with Gasteiger partial charge in [0, 0.05) is 25.8 Å². The van der Waals surface area contributed by atoms with Crippen LogP contribution in [0.3, 0.4) is 0 Å². The minimum absolute atomic E-state index is 0.283. The van der Waals surface area contributed by atoms with Crippen molar-refractivity contribution in [3.8, 4) is 0 Å². The van der Waals surface area contributed by atoms with Crippen LogP contribution in [0.2, 0.25) is 0 Å². The van der Waals surface area contributed by atoms with Crippen LogP contribution >= 0.6 is 0 Å². The minimum atomic E-state index is 0.283. The first-order valence-corrected chi connectivity index (χ1v) is 6.01. The van der Waals surface area contributed by atoms with E-state index >= 15 is 0 Å². The standard InChI is InChI=1S/C14H24N2/c1-11(2)9-13(15)10-12-5-7-14(8-6-12)16(3)4/h5-8,11,13H,9-10,15H2,1-4H3. The van der Waals surface area contributed by atoms with Crippen LogP contribution in [0.15, 0.2) is 24.3 Å². The Morgan fingerprint density at radius 2 is 1.69 bits per heavy atom. The van der Waals surface area contributed by atoms with Crippen molar-refractivity contribution < 1.29 is 0 Å². The minimum Gasteiger partial charge on any atom is -0.378 e. The summed E-state index contributed by atoms with van der Waals surface area (Å²) in [7, 11) is 4.11. The van der Waals surface area contributed by atoms with Gasteiger partial charge in [0.1, 0.15) is 0 Å². The van der Waals surface area contributed by atoms with Crippen molar-refractivity contribution in [2.24, 2.45) is 11.7 Å². The molecular formula is C14H24N2. The maximum atomic E-state index is 6.09. The van der Waals surface area contributed by atoms with Crippen LogP contribution in [0.5, 0.6) is 0 Å². The number of hydrogen-bond donors (Lipinski definition) is 1. The predicted molar refractivity (Wildman–Crippen MR) is 71.9 cm³/mol. The van der Waals surface area contributed by atoms with Crippen LogP contribution in [-0.2, 0) is 6.42 Å². The molecule has 0 aromatic heterocycles. The normalized spacial score (nSPS) is 12.9. The molecule has 0 heterocycles. The molecule has 1 aromatic carbocycles. The molecule has 16 heavy (non-hydrogen) atoms. The van der Waals surface area contributed by atoms with Gasteiger partial charge in [0.15, 0.2) is 0 Å². The number of nitrogens with zero attached hydrogens (tertiary/aromatic N) is 1. The zero-order chi connectivity index (χ0) is 12.1. The van der Waals surface area contributed by atoms with Crippen LogP contribution in [0.4, 0.5) is 5.69 Å². The third kappa shape index (κ3) is 4.23. The molecule has 90 valence electrons. The molecule has 0 amide bonds. The molecule has 0 radical (unpaired) electrons. The summed E-state index contributed by atoms with van der Waals surface area (Å²) < 4.78 is 0. The number of hydrogen-bond acceptors (Lipinski definition) is 2. The lowest BCUT2D eigenvalue weighted by Gasteiger charge is -2.16. The highest BCUT2D eigenvalue weighted by molar-refractivity contribution is 5.46. The second-order valence-electron chi connectivity index (χ2n) is 5.15. The van der Waals surface area contributed by atoms with Gasteiger partial charge in [-0.3, -0.25) is 0 Å². The van der Waals surface area contributed by atoms with Crippen LogP contribution in [0.25, 0.3) is 0 Å². The molecule has 1 unspecified atom stereocenters. The fourth-order valence-electron chi connectivity index (χ4n) is 1.92. The highest BCUT2D eigenvalue weighted by Crippen LogP contribution is 2.14. The van der Waals surface area contributed by atoms with Crippen LogP contribution in [0, 0.1) is 5.92 Å². The summed E-state index contributed by atoms with van der Waals surface area (Å²) in [5.74, 6) is 0.677. The molecule has 0 saturated heterocycles. The number of anilines is 1. The summed E-state index contributed by atoms with van der Waals surface area (Å²) >= 11 is 0. The topological polar surface area (TPSA) is 29.3 Å². The second-order valence-corrected chi connectivity index (χ2v) is 5.15. The Labute approximate surface area is 99.5 Å². The number of rotatable bonds is 5. The van der Waals surface area contributed by atoms with Crippen LogP contribution in [-0.4, -0.2) is 20.1 Å². The van der Waals surface area contributed by atoms with Gasteiger partial charge in [-0.2, -0.15) is 0 Å². The van der Waals surface area contributed by atoms with Gasteiger partial charge in [-0.1, -0.05) is 26.0 Å². The Balaban J connectivity index is 2.55. The van der Waals surface area contributed by atoms with Gasteiger partial charge in [-0.05, 0) is 36.5 Å². The van der Waals surface area contributed by atoms with E-state index in [1.54, 1.807) is 0 Å². The molecule has 1 rings (SSSR count). The highest BCUT2D eigenvalue weighted by atomic mass is 15.1. The third-order valence-electron chi connectivity index (χ3n) is 2.72. The van der Waals surface area contributed by atoms with Gasteiger partial charge in [-0.25, -0.2) is 0 Å². The Hall–Kier alpha value is -1.02. The third-order valence-corrected chi connectivity index (χ3v) is 2.72. The maximum Gasteiger partial charge on any atom is 0.0361 e. The zero-order valence-corrected chi connectivity index (χ0v) is 10.9. The smallest absolute Gasteiger partial charge is 0.0361 e. The number of nitrogens with two attached hydrogens (primary N) is 1. The fourth-order valence-corrected chi connectivity index (χ4v) is 1.92. The molecule has 0 saturated carbocycles. The van der Waals surface area contributed by atoms with E-state index < -0.39 is 0 Å². The number of benzene rings is 1. The predicted octanol–water partition coefficient (Wildman–Crippen LogP) is 2.67. The van der Waals surface area contributed by atoms with Crippen molar-refractivity contribution in [1.29, 1.82) is 0 Å². The molecule has 0 aliphatic rings. The molecule has 0 spiro atoms. The van der Waals surface area contributed by atoms with E-state index in [1.807, 2.05) is 0 Å². The SMILES string of the molecule is CC(C)CC(N)Cc1ccc(N(C)C)cc1. The lowest BCUT2D eigenvalue weighted by Crippen LogP contribution is -2.24. The summed E-state index contributed by atoms with van der Waals surface area (Å²) in [4.78, 5) is 2.11. The maximum absolute atomic E-state index is 6.09. The van der Waals surface area contributed by atoms with E-state index in [1.165, 1.54) is 11.3 Å². The van der Waals surface area contributed by atoms with Gasteiger partial charge in [0.05, 0.1) is 0 Å². The van der Waals surface area contributed by atoms with Gasteiger partial charge in [0.2, 0.25) is 0 Å². The molecule has 1 aromatic rings. The lowest BCUT2D eigenvalue weighted by atomic mass is 9.98. The Kier molecular flexibility index (Phi) is 4.81. The summed E-state index contributed by atoms with van der Waals surface area (Å²) in [6.07, 6.45) is 2.07. The molecule has 0 aliphatic carbocycles. The average Bonchev–Trinajstić information content (AvgIpc) is 2.16. The van der Waals surface area contributed by atoms with E-state index in [9.17, 15) is 0 Å². The first-order valence-electron chi connectivity index (χ1n) is 6.01. The van der Waals surface area contributed by atoms with Crippen molar-refractivity contribution in [2.45, 2.75) is 32.7 Å². The molecule has 2 N–H and O–H groups in total. The van der Waals surface area contributed by atoms with Crippen LogP contribution < -0.4 is 10.6 Å². The van der Waals surface area contributed by atoms with Crippen molar-refractivity contribution in [3.63, 3.8) is 0 Å². The van der Waals surface area contributed by atoms with Gasteiger partial charge >= 0.3 is 0 Å². The summed E-state index contributed by atoms with van der Waals surface area (Å²) in [5.41, 5.74) is 8.66. The Morgan fingerprint density at radius 1 is 1.12 bits per heavy atom. The van der Waals surface area contributed by atoms with Gasteiger partial charge in [0.25, 0.3) is 0 Å². The fraction of sp³-hybridized carbons (Fsp3) is 0.571. The van der Waals surface area contributed by atoms with Crippen LogP contribution in [0.1, 0.15) is 25.8 Å². The largest absolute Gasteiger partial charge is 0.378 e. The molecule has 1 atom stereocenters. The Morgan fingerprint density at radius 3 is 2.12 bits per heavy atom. The summed E-state index contributed by atoms with van der Waals surface area (Å²) in [5, 5.41) is 0. The zero-order valence-electron chi connectivity index (χ0n) is 10.9. The lowest BCUT2D eigenvalue weighted by molar-refractivity contribution is 0.493. The molecular weight excluding hydrogens is 196 g/mol. The van der Waals surface area contributed by atoms with E-state index in [2.05, 4.69) is 57.1 Å². The molecule has 2 nitrogen and oxygen atoms in total.